The number of benzene rings is 1. The quantitative estimate of drug-likeness (QED) is 0.858. The number of halogens is 1. The number of nitrogens with zero attached hydrogens (tertiary/aromatic N) is 4. The number of hydrogen-bond acceptors (Lipinski definition) is 3. The van der Waals surface area contributed by atoms with Gasteiger partial charge in [0.2, 0.25) is 0 Å². The fourth-order valence-electron chi connectivity index (χ4n) is 4.06. The summed E-state index contributed by atoms with van der Waals surface area (Å²) in [6, 6.07) is 6.10. The Balaban J connectivity index is 1.71. The van der Waals surface area contributed by atoms with Crippen LogP contribution in [0.3, 0.4) is 0 Å². The topological polar surface area (TPSA) is 77.0 Å². The molecule has 2 aromatic rings. The molecule has 0 spiro atoms. The summed E-state index contributed by atoms with van der Waals surface area (Å²) in [5.74, 6) is -0.443. The second-order valence-corrected chi connectivity index (χ2v) is 7.15. The van der Waals surface area contributed by atoms with Gasteiger partial charge in [0.1, 0.15) is 5.82 Å². The molecule has 0 radical (unpaired) electrons. The molecule has 28 heavy (non-hydrogen) atoms. The van der Waals surface area contributed by atoms with Crippen molar-refractivity contribution < 1.29 is 19.1 Å². The molecule has 8 heteroatoms. The summed E-state index contributed by atoms with van der Waals surface area (Å²) >= 11 is 0. The van der Waals surface area contributed by atoms with Crippen molar-refractivity contribution in [2.45, 2.75) is 32.4 Å². The molecule has 0 atom stereocenters. The zero-order chi connectivity index (χ0) is 19.8. The monoisotopic (exact) mass is 384 g/mol. The third-order valence-corrected chi connectivity index (χ3v) is 5.46. The van der Waals surface area contributed by atoms with E-state index in [-0.39, 0.29) is 24.3 Å². The summed E-state index contributed by atoms with van der Waals surface area (Å²) in [6.07, 6.45) is 3.45. The number of aryl methyl sites for hydroxylation is 1. The maximum Gasteiger partial charge on any atom is 0.407 e. The predicted octanol–water partition coefficient (Wildman–Crippen LogP) is 3.62. The maximum atomic E-state index is 14.6. The molecule has 1 N–H and O–H groups in total. The normalized spacial score (nSPS) is 17.6. The van der Waals surface area contributed by atoms with Crippen LogP contribution in [-0.4, -0.2) is 46.2 Å². The van der Waals surface area contributed by atoms with Crippen LogP contribution in [-0.2, 0) is 6.54 Å². The van der Waals surface area contributed by atoms with Gasteiger partial charge in [0.15, 0.2) is 0 Å². The van der Waals surface area contributed by atoms with E-state index in [1.165, 1.54) is 15.9 Å². The third kappa shape index (κ3) is 3.04. The van der Waals surface area contributed by atoms with Gasteiger partial charge in [-0.25, -0.2) is 14.0 Å². The minimum atomic E-state index is -0.948. The van der Waals surface area contributed by atoms with Crippen LogP contribution in [0.4, 0.5) is 25.4 Å². The number of aromatic nitrogens is 1. The molecule has 1 fully saturated rings. The van der Waals surface area contributed by atoms with E-state index in [0.717, 1.165) is 11.3 Å². The summed E-state index contributed by atoms with van der Waals surface area (Å²) in [4.78, 5) is 33.3. The molecule has 2 aliphatic heterocycles. The Morgan fingerprint density at radius 3 is 2.68 bits per heavy atom. The second kappa shape index (κ2) is 7.10. The number of carbonyl (C=O) groups excluding carboxylic acids is 1. The molecule has 0 bridgehead atoms. The third-order valence-electron chi connectivity index (χ3n) is 5.46. The van der Waals surface area contributed by atoms with Crippen LogP contribution in [0.25, 0.3) is 0 Å². The molecule has 0 unspecified atom stereocenters. The molecule has 4 rings (SSSR count). The SMILES string of the molecule is Cc1cccc(F)c1N1Cc2cnccc2N(C2CCN(C(=O)O)CC2)C1=O. The van der Waals surface area contributed by atoms with Gasteiger partial charge in [0, 0.05) is 37.1 Å². The molecule has 1 saturated heterocycles. The number of carboxylic acid groups (broad SMARTS) is 1. The van der Waals surface area contributed by atoms with Gasteiger partial charge >= 0.3 is 12.1 Å². The number of urea groups is 1. The van der Waals surface area contributed by atoms with E-state index in [4.69, 9.17) is 0 Å². The Labute approximate surface area is 162 Å². The Morgan fingerprint density at radius 2 is 2.00 bits per heavy atom. The number of rotatable bonds is 2. The van der Waals surface area contributed by atoms with Crippen molar-refractivity contribution in [3.05, 3.63) is 53.6 Å². The number of piperidine rings is 1. The first kappa shape index (κ1) is 18.2. The zero-order valence-corrected chi connectivity index (χ0v) is 15.5. The molecule has 146 valence electrons. The molecule has 0 saturated carbocycles. The molecule has 2 aliphatic rings. The van der Waals surface area contributed by atoms with Crippen molar-refractivity contribution in [3.63, 3.8) is 0 Å². The Hall–Kier alpha value is -3.16. The Kier molecular flexibility index (Phi) is 4.62. The lowest BCUT2D eigenvalue weighted by Crippen LogP contribution is -2.55. The van der Waals surface area contributed by atoms with Gasteiger partial charge in [0.05, 0.1) is 17.9 Å². The largest absolute Gasteiger partial charge is 0.465 e. The highest BCUT2D eigenvalue weighted by atomic mass is 19.1. The molecule has 1 aromatic heterocycles. The van der Waals surface area contributed by atoms with Crippen LogP contribution in [0.2, 0.25) is 0 Å². The van der Waals surface area contributed by atoms with Crippen LogP contribution in [0, 0.1) is 12.7 Å². The maximum absolute atomic E-state index is 14.6. The number of carbonyl (C=O) groups is 2. The Morgan fingerprint density at radius 1 is 1.25 bits per heavy atom. The highest BCUT2D eigenvalue weighted by Gasteiger charge is 2.38. The molecule has 7 nitrogen and oxygen atoms in total. The van der Waals surface area contributed by atoms with Gasteiger partial charge in [-0.3, -0.25) is 14.8 Å². The van der Waals surface area contributed by atoms with Gasteiger partial charge in [0.25, 0.3) is 0 Å². The number of likely N-dealkylation sites (tertiary alicyclic amines) is 1. The first-order chi connectivity index (χ1) is 13.5. The smallest absolute Gasteiger partial charge is 0.407 e. The van der Waals surface area contributed by atoms with Gasteiger partial charge in [-0.2, -0.15) is 0 Å². The van der Waals surface area contributed by atoms with E-state index in [1.807, 2.05) is 0 Å². The highest BCUT2D eigenvalue weighted by molar-refractivity contribution is 6.07. The van der Waals surface area contributed by atoms with E-state index < -0.39 is 11.9 Å². The Bertz CT molecular complexity index is 907. The van der Waals surface area contributed by atoms with Crippen molar-refractivity contribution in [2.75, 3.05) is 22.9 Å². The average molecular weight is 384 g/mol. The van der Waals surface area contributed by atoms with Crippen molar-refractivity contribution in [3.8, 4) is 0 Å². The second-order valence-electron chi connectivity index (χ2n) is 7.15. The van der Waals surface area contributed by atoms with E-state index in [1.54, 1.807) is 42.4 Å². The van der Waals surface area contributed by atoms with Gasteiger partial charge < -0.3 is 10.0 Å². The minimum Gasteiger partial charge on any atom is -0.465 e. The molecule has 0 aliphatic carbocycles. The molecular formula is C20H21FN4O3. The van der Waals surface area contributed by atoms with Crippen LogP contribution in [0.5, 0.6) is 0 Å². The van der Waals surface area contributed by atoms with Gasteiger partial charge in [-0.05, 0) is 37.5 Å². The standard InChI is InChI=1S/C20H21FN4O3/c1-13-3-2-4-16(21)18(13)24-12-14-11-22-8-5-17(14)25(19(24)26)15-6-9-23(10-7-15)20(27)28/h2-5,8,11,15H,6-7,9-10,12H2,1H3,(H,27,28). The van der Waals surface area contributed by atoms with Crippen molar-refractivity contribution in [1.82, 2.24) is 9.88 Å². The number of amides is 3. The van der Waals surface area contributed by atoms with E-state index >= 15 is 0 Å². The highest BCUT2D eigenvalue weighted by Crippen LogP contribution is 2.36. The number of pyridine rings is 1. The van der Waals surface area contributed by atoms with Crippen LogP contribution >= 0.6 is 0 Å². The first-order valence-corrected chi connectivity index (χ1v) is 9.24. The summed E-state index contributed by atoms with van der Waals surface area (Å²) in [5, 5.41) is 9.18. The van der Waals surface area contributed by atoms with Crippen molar-refractivity contribution >= 4 is 23.5 Å². The summed E-state index contributed by atoms with van der Waals surface area (Å²) in [5.41, 5.74) is 2.56. The van der Waals surface area contributed by atoms with Crippen LogP contribution < -0.4 is 9.80 Å². The lowest BCUT2D eigenvalue weighted by atomic mass is 10.00. The molecule has 3 heterocycles. The molecule has 3 amide bonds. The average Bonchev–Trinajstić information content (AvgIpc) is 2.68. The lowest BCUT2D eigenvalue weighted by Gasteiger charge is -2.43. The van der Waals surface area contributed by atoms with Crippen LogP contribution in [0.15, 0.2) is 36.7 Å². The summed E-state index contributed by atoms with van der Waals surface area (Å²) in [6.45, 7) is 2.75. The fourth-order valence-corrected chi connectivity index (χ4v) is 4.06. The zero-order valence-electron chi connectivity index (χ0n) is 15.5. The number of hydrogen-bond donors (Lipinski definition) is 1. The summed E-state index contributed by atoms with van der Waals surface area (Å²) < 4.78 is 14.6. The first-order valence-electron chi connectivity index (χ1n) is 9.24. The summed E-state index contributed by atoms with van der Waals surface area (Å²) in [7, 11) is 0. The van der Waals surface area contributed by atoms with E-state index in [0.29, 0.717) is 31.5 Å². The fraction of sp³-hybridized carbons (Fsp3) is 0.350. The van der Waals surface area contributed by atoms with Crippen molar-refractivity contribution in [1.29, 1.82) is 0 Å². The van der Waals surface area contributed by atoms with E-state index in [2.05, 4.69) is 4.98 Å². The van der Waals surface area contributed by atoms with Crippen LogP contribution in [0.1, 0.15) is 24.0 Å². The molecule has 1 aromatic carbocycles. The van der Waals surface area contributed by atoms with Gasteiger partial charge in [-0.15, -0.1) is 0 Å². The lowest BCUT2D eigenvalue weighted by molar-refractivity contribution is 0.132. The number of fused-ring (bicyclic) bond motifs is 1. The number of anilines is 2. The number of para-hydroxylation sites is 1. The van der Waals surface area contributed by atoms with E-state index in [9.17, 15) is 19.1 Å². The molecular weight excluding hydrogens is 363 g/mol. The minimum absolute atomic E-state index is 0.154. The predicted molar refractivity (Wildman–Crippen MR) is 102 cm³/mol. The van der Waals surface area contributed by atoms with Crippen molar-refractivity contribution in [2.24, 2.45) is 0 Å². The van der Waals surface area contributed by atoms with Gasteiger partial charge in [-0.1, -0.05) is 12.1 Å².